The zero-order valence-corrected chi connectivity index (χ0v) is 10.3. The first-order valence-corrected chi connectivity index (χ1v) is 6.01. The van der Waals surface area contributed by atoms with E-state index in [-0.39, 0.29) is 0 Å². The van der Waals surface area contributed by atoms with Crippen LogP contribution in [0.15, 0.2) is 65.0 Å². The minimum absolute atomic E-state index is 0.562. The van der Waals surface area contributed by atoms with Crippen LogP contribution in [0.3, 0.4) is 0 Å². The number of hydrogen-bond donors (Lipinski definition) is 0. The molecule has 2 aliphatic rings. The van der Waals surface area contributed by atoms with Gasteiger partial charge in [0.2, 0.25) is 0 Å². The van der Waals surface area contributed by atoms with Gasteiger partial charge in [0.25, 0.3) is 0 Å². The topological polar surface area (TPSA) is 34.5 Å². The summed E-state index contributed by atoms with van der Waals surface area (Å²) in [6.45, 7) is 3.91. The van der Waals surface area contributed by atoms with Crippen LogP contribution in [0.1, 0.15) is 6.42 Å². The van der Waals surface area contributed by atoms with Crippen molar-refractivity contribution < 1.29 is 4.74 Å². The minimum Gasteiger partial charge on any atom is -0.455 e. The van der Waals surface area contributed by atoms with Gasteiger partial charge >= 0.3 is 0 Å². The zero-order chi connectivity index (χ0) is 13.1. The maximum Gasteiger partial charge on any atom is 0.156 e. The number of nitrogens with zero attached hydrogens (tertiary/aromatic N) is 2. The van der Waals surface area contributed by atoms with Gasteiger partial charge in [-0.1, -0.05) is 18.7 Å². The molecule has 3 heteroatoms. The van der Waals surface area contributed by atoms with Crippen LogP contribution in [0, 0.1) is 0 Å². The summed E-state index contributed by atoms with van der Waals surface area (Å²) in [6, 6.07) is 3.89. The summed E-state index contributed by atoms with van der Waals surface area (Å²) in [5.41, 5.74) is 3.83. The van der Waals surface area contributed by atoms with Crippen molar-refractivity contribution in [1.29, 1.82) is 0 Å². The van der Waals surface area contributed by atoms with Gasteiger partial charge in [0.1, 0.15) is 5.76 Å². The van der Waals surface area contributed by atoms with E-state index in [1.807, 2.05) is 24.3 Å². The first-order valence-electron chi connectivity index (χ1n) is 6.01. The van der Waals surface area contributed by atoms with E-state index in [2.05, 4.69) is 22.3 Å². The van der Waals surface area contributed by atoms with Crippen molar-refractivity contribution >= 4 is 18.4 Å². The van der Waals surface area contributed by atoms with Crippen molar-refractivity contribution in [3.05, 3.63) is 70.6 Å². The molecule has 0 spiro atoms. The van der Waals surface area contributed by atoms with Crippen molar-refractivity contribution in [2.45, 2.75) is 6.42 Å². The molecule has 3 nitrogen and oxygen atoms in total. The van der Waals surface area contributed by atoms with Crippen molar-refractivity contribution in [3.63, 3.8) is 0 Å². The average Bonchev–Trinajstić information content (AvgIpc) is 2.59. The highest BCUT2D eigenvalue weighted by Crippen LogP contribution is 2.18. The van der Waals surface area contributed by atoms with E-state index in [4.69, 9.17) is 4.74 Å². The largest absolute Gasteiger partial charge is 0.455 e. The molecule has 0 aromatic carbocycles. The third kappa shape index (κ3) is 2.46. The van der Waals surface area contributed by atoms with Gasteiger partial charge < -0.3 is 4.74 Å². The molecule has 1 aromatic heterocycles. The van der Waals surface area contributed by atoms with E-state index in [0.29, 0.717) is 17.9 Å². The predicted octanol–water partition coefficient (Wildman–Crippen LogP) is 1.58. The Labute approximate surface area is 111 Å². The van der Waals surface area contributed by atoms with Crippen molar-refractivity contribution in [2.75, 3.05) is 0 Å². The molecule has 2 aliphatic heterocycles. The van der Waals surface area contributed by atoms with E-state index >= 15 is 0 Å². The summed E-state index contributed by atoms with van der Waals surface area (Å²) in [5, 5.41) is 1.91. The Balaban J connectivity index is 2.18. The highest BCUT2D eigenvalue weighted by Gasteiger charge is 2.08. The molecule has 0 N–H and O–H groups in total. The second-order valence-corrected chi connectivity index (χ2v) is 4.17. The molecule has 19 heavy (non-hydrogen) atoms. The average molecular weight is 248 g/mol. The molecule has 0 bridgehead atoms. The lowest BCUT2D eigenvalue weighted by Crippen LogP contribution is -2.27. The van der Waals surface area contributed by atoms with E-state index in [1.54, 1.807) is 24.6 Å². The smallest absolute Gasteiger partial charge is 0.156 e. The van der Waals surface area contributed by atoms with Gasteiger partial charge in [0, 0.05) is 30.1 Å². The van der Waals surface area contributed by atoms with E-state index in [0.717, 1.165) is 16.3 Å². The quantitative estimate of drug-likeness (QED) is 0.653. The van der Waals surface area contributed by atoms with Crippen LogP contribution in [0.4, 0.5) is 0 Å². The summed E-state index contributed by atoms with van der Waals surface area (Å²) in [7, 11) is 0. The summed E-state index contributed by atoms with van der Waals surface area (Å²) in [4.78, 5) is 8.73. The molecule has 3 heterocycles. The summed E-state index contributed by atoms with van der Waals surface area (Å²) in [5.74, 6) is 1.24. The molecule has 0 saturated heterocycles. The Kier molecular flexibility index (Phi) is 2.97. The normalized spacial score (nSPS) is 20.5. The van der Waals surface area contributed by atoms with Crippen LogP contribution in [-0.2, 0) is 4.74 Å². The Morgan fingerprint density at radius 3 is 3.26 bits per heavy atom. The second kappa shape index (κ2) is 4.92. The van der Waals surface area contributed by atoms with E-state index in [1.165, 1.54) is 0 Å². The Morgan fingerprint density at radius 1 is 1.37 bits per heavy atom. The number of allylic oxidation sites excluding steroid dienone is 3. The van der Waals surface area contributed by atoms with Gasteiger partial charge in [0.05, 0.1) is 11.0 Å². The maximum atomic E-state index is 5.74. The molecule has 0 saturated carbocycles. The molecule has 3 rings (SSSR count). The molecular weight excluding hydrogens is 236 g/mol. The number of aliphatic imine (C=N–C) groups is 1. The van der Waals surface area contributed by atoms with Crippen LogP contribution in [-0.4, -0.2) is 11.2 Å². The first kappa shape index (κ1) is 11.5. The molecule has 92 valence electrons. The van der Waals surface area contributed by atoms with Gasteiger partial charge in [-0.15, -0.1) is 5.73 Å². The highest BCUT2D eigenvalue weighted by atomic mass is 16.5. The van der Waals surface area contributed by atoms with E-state index in [9.17, 15) is 0 Å². The fraction of sp³-hybridized carbons (Fsp3) is 0.0625. The van der Waals surface area contributed by atoms with Crippen LogP contribution in [0.2, 0.25) is 0 Å². The lowest BCUT2D eigenvalue weighted by Gasteiger charge is -2.07. The Morgan fingerprint density at radius 2 is 2.32 bits per heavy atom. The number of ether oxygens (including phenoxy) is 1. The van der Waals surface area contributed by atoms with Gasteiger partial charge in [-0.05, 0) is 18.2 Å². The molecule has 0 amide bonds. The standard InChI is InChI=1S/C16H12N2O/c1-12-11-13-5-4-10-17-14(13)7-8-15-16(19-12)6-2-3-9-18-15/h3-7,9-11H,1,8H2/b13-11-,14-7+. The van der Waals surface area contributed by atoms with Crippen LogP contribution in [0.5, 0.6) is 0 Å². The predicted molar refractivity (Wildman–Crippen MR) is 75.4 cm³/mol. The fourth-order valence-electron chi connectivity index (χ4n) is 1.94. The van der Waals surface area contributed by atoms with Gasteiger partial charge in [-0.2, -0.15) is 0 Å². The van der Waals surface area contributed by atoms with Crippen LogP contribution < -0.4 is 10.6 Å². The highest BCUT2D eigenvalue weighted by molar-refractivity contribution is 5.73. The van der Waals surface area contributed by atoms with Crippen molar-refractivity contribution in [1.82, 2.24) is 4.98 Å². The summed E-state index contributed by atoms with van der Waals surface area (Å²) in [6.07, 6.45) is 11.6. The van der Waals surface area contributed by atoms with Crippen LogP contribution >= 0.6 is 0 Å². The number of rotatable bonds is 0. The van der Waals surface area contributed by atoms with E-state index < -0.39 is 0 Å². The molecule has 1 aromatic rings. The summed E-state index contributed by atoms with van der Waals surface area (Å²) < 4.78 is 5.74. The number of aromatic nitrogens is 1. The fourth-order valence-corrected chi connectivity index (χ4v) is 1.94. The lowest BCUT2D eigenvalue weighted by molar-refractivity contribution is 0.339. The molecule has 0 fully saturated rings. The number of pyridine rings is 1. The molecule has 0 unspecified atom stereocenters. The maximum absolute atomic E-state index is 5.74. The summed E-state index contributed by atoms with van der Waals surface area (Å²) >= 11 is 0. The minimum atomic E-state index is 0.562. The third-order valence-corrected chi connectivity index (χ3v) is 2.82. The van der Waals surface area contributed by atoms with Crippen LogP contribution in [0.25, 0.3) is 12.2 Å². The second-order valence-electron chi connectivity index (χ2n) is 4.17. The lowest BCUT2D eigenvalue weighted by atomic mass is 10.2. The monoisotopic (exact) mass is 248 g/mol. The van der Waals surface area contributed by atoms with Gasteiger partial charge in [-0.25, -0.2) is 0 Å². The van der Waals surface area contributed by atoms with Gasteiger partial charge in [0.15, 0.2) is 5.76 Å². The van der Waals surface area contributed by atoms with Crippen molar-refractivity contribution in [3.8, 4) is 0 Å². The van der Waals surface area contributed by atoms with Gasteiger partial charge in [-0.3, -0.25) is 9.98 Å². The van der Waals surface area contributed by atoms with Crippen molar-refractivity contribution in [2.24, 2.45) is 4.99 Å². The molecular formula is C16H12N2O. The Hall–Kier alpha value is -2.64. The Bertz CT molecular complexity index is 775. The molecule has 0 aliphatic carbocycles. The number of fused-ring (bicyclic) bond motifs is 1. The molecule has 0 radical (unpaired) electrons. The zero-order valence-electron chi connectivity index (χ0n) is 10.3. The number of hydrogen-bond acceptors (Lipinski definition) is 3. The first-order chi connectivity index (χ1) is 9.33. The SMILES string of the molecule is C=C1/C=c2/cccn/c2=C/CC2=C(C=C=CC=N2)O1. The third-order valence-electron chi connectivity index (χ3n) is 2.82. The molecule has 0 atom stereocenters.